The summed E-state index contributed by atoms with van der Waals surface area (Å²) < 4.78 is 5.88. The Kier molecular flexibility index (Phi) is 8.34. The minimum absolute atomic E-state index is 0.100. The van der Waals surface area contributed by atoms with E-state index in [1.165, 1.54) is 73.3 Å². The van der Waals surface area contributed by atoms with E-state index in [1.807, 2.05) is 6.92 Å². The van der Waals surface area contributed by atoms with Gasteiger partial charge in [0.25, 0.3) is 0 Å². The lowest BCUT2D eigenvalue weighted by atomic mass is 9.84. The highest BCUT2D eigenvalue weighted by atomic mass is 16.5. The summed E-state index contributed by atoms with van der Waals surface area (Å²) >= 11 is 0. The van der Waals surface area contributed by atoms with E-state index in [0.717, 1.165) is 18.4 Å². The average Bonchev–Trinajstić information content (AvgIpc) is 2.73. The van der Waals surface area contributed by atoms with Gasteiger partial charge >= 0.3 is 5.97 Å². The molecule has 2 nitrogen and oxygen atoms in total. The van der Waals surface area contributed by atoms with Gasteiger partial charge in [0.05, 0.1) is 0 Å². The summed E-state index contributed by atoms with van der Waals surface area (Å²) in [4.78, 5) is 12.2. The van der Waals surface area contributed by atoms with Crippen LogP contribution in [0.3, 0.4) is 0 Å². The molecule has 3 rings (SSSR count). The van der Waals surface area contributed by atoms with Crippen molar-refractivity contribution in [1.82, 2.24) is 0 Å². The van der Waals surface area contributed by atoms with Crippen LogP contribution in [0.2, 0.25) is 0 Å². The predicted molar refractivity (Wildman–Crippen MR) is 123 cm³/mol. The molecule has 0 amide bonds. The second-order valence-corrected chi connectivity index (χ2v) is 8.33. The van der Waals surface area contributed by atoms with Crippen molar-refractivity contribution in [2.75, 3.05) is 0 Å². The van der Waals surface area contributed by atoms with Gasteiger partial charge in [-0.3, -0.25) is 4.79 Å². The molecule has 0 bridgehead atoms. The van der Waals surface area contributed by atoms with Crippen LogP contribution in [-0.2, 0) is 9.53 Å². The predicted octanol–water partition coefficient (Wildman–Crippen LogP) is 8.15. The first-order chi connectivity index (χ1) is 14.2. The van der Waals surface area contributed by atoms with Crippen LogP contribution < -0.4 is 0 Å². The zero-order valence-electron chi connectivity index (χ0n) is 18.2. The summed E-state index contributed by atoms with van der Waals surface area (Å²) in [6.07, 6.45) is 14.9. The van der Waals surface area contributed by atoms with Crippen molar-refractivity contribution in [1.29, 1.82) is 0 Å². The van der Waals surface area contributed by atoms with Crippen molar-refractivity contribution in [2.24, 2.45) is 0 Å². The standard InChI is InChI=1S/C27H36O2/c1-3-5-6-7-8-9-10-11-15-22-20-25(29-26(28)14-4-2)24-19-13-17-21-16-12-18-23(22)27(21)24/h12-13,16-20,25H,3-11,14-15H2,1-2H3. The zero-order chi connectivity index (χ0) is 20.5. The lowest BCUT2D eigenvalue weighted by Gasteiger charge is -2.25. The highest BCUT2D eigenvalue weighted by Crippen LogP contribution is 2.41. The van der Waals surface area contributed by atoms with Gasteiger partial charge in [0.1, 0.15) is 6.10 Å². The zero-order valence-corrected chi connectivity index (χ0v) is 18.2. The Morgan fingerprint density at radius 3 is 2.28 bits per heavy atom. The van der Waals surface area contributed by atoms with Crippen LogP contribution in [0.15, 0.2) is 42.5 Å². The fourth-order valence-corrected chi connectivity index (χ4v) is 4.41. The maximum Gasteiger partial charge on any atom is 0.306 e. The minimum Gasteiger partial charge on any atom is -0.453 e. The van der Waals surface area contributed by atoms with Gasteiger partial charge in [0, 0.05) is 12.0 Å². The molecular weight excluding hydrogens is 356 g/mol. The van der Waals surface area contributed by atoms with Gasteiger partial charge in [-0.15, -0.1) is 0 Å². The van der Waals surface area contributed by atoms with Gasteiger partial charge in [0.2, 0.25) is 0 Å². The van der Waals surface area contributed by atoms with Gasteiger partial charge in [-0.1, -0.05) is 95.2 Å². The average molecular weight is 393 g/mol. The molecule has 0 N–H and O–H groups in total. The van der Waals surface area contributed by atoms with Gasteiger partial charge < -0.3 is 4.74 Å². The molecule has 2 aromatic rings. The van der Waals surface area contributed by atoms with Crippen LogP contribution >= 0.6 is 0 Å². The number of allylic oxidation sites excluding steroid dienone is 1. The SMILES string of the molecule is CCCCCCCCCCC1=CC(OC(=O)CCC)c2cccc3cccc1c23. The van der Waals surface area contributed by atoms with Crippen LogP contribution in [0.25, 0.3) is 16.3 Å². The maximum absolute atomic E-state index is 12.2. The summed E-state index contributed by atoms with van der Waals surface area (Å²) in [5.74, 6) is -0.100. The van der Waals surface area contributed by atoms with E-state index in [1.54, 1.807) is 0 Å². The molecule has 2 heteroatoms. The van der Waals surface area contributed by atoms with E-state index in [-0.39, 0.29) is 12.1 Å². The molecule has 0 aliphatic heterocycles. The van der Waals surface area contributed by atoms with Crippen molar-refractivity contribution in [3.63, 3.8) is 0 Å². The van der Waals surface area contributed by atoms with Crippen molar-refractivity contribution < 1.29 is 9.53 Å². The molecular formula is C27H36O2. The first-order valence-corrected chi connectivity index (χ1v) is 11.7. The van der Waals surface area contributed by atoms with Crippen LogP contribution in [-0.4, -0.2) is 5.97 Å². The van der Waals surface area contributed by atoms with Gasteiger partial charge in [-0.25, -0.2) is 0 Å². The van der Waals surface area contributed by atoms with E-state index in [4.69, 9.17) is 4.74 Å². The van der Waals surface area contributed by atoms with Gasteiger partial charge in [-0.05, 0) is 47.2 Å². The molecule has 1 aliphatic rings. The number of rotatable bonds is 12. The van der Waals surface area contributed by atoms with E-state index in [9.17, 15) is 4.79 Å². The Morgan fingerprint density at radius 1 is 0.862 bits per heavy atom. The molecule has 0 radical (unpaired) electrons. The van der Waals surface area contributed by atoms with Crippen LogP contribution in [0.4, 0.5) is 0 Å². The summed E-state index contributed by atoms with van der Waals surface area (Å²) in [7, 11) is 0. The molecule has 0 fully saturated rings. The number of esters is 1. The topological polar surface area (TPSA) is 26.3 Å². The van der Waals surface area contributed by atoms with Crippen LogP contribution in [0, 0.1) is 0 Å². The van der Waals surface area contributed by atoms with Gasteiger partial charge in [0.15, 0.2) is 0 Å². The molecule has 156 valence electrons. The Morgan fingerprint density at radius 2 is 1.55 bits per heavy atom. The third kappa shape index (κ3) is 5.72. The summed E-state index contributed by atoms with van der Waals surface area (Å²) in [5, 5.41) is 2.50. The van der Waals surface area contributed by atoms with Crippen molar-refractivity contribution in [3.05, 3.63) is 53.6 Å². The molecule has 0 spiro atoms. The first kappa shape index (κ1) is 21.6. The molecule has 1 atom stereocenters. The number of carbonyl (C=O) groups excluding carboxylic acids is 1. The van der Waals surface area contributed by atoms with Crippen molar-refractivity contribution in [3.8, 4) is 0 Å². The largest absolute Gasteiger partial charge is 0.453 e. The number of hydrogen-bond acceptors (Lipinski definition) is 2. The third-order valence-corrected chi connectivity index (χ3v) is 5.95. The Labute approximate surface area is 176 Å². The van der Waals surface area contributed by atoms with Crippen LogP contribution in [0.5, 0.6) is 0 Å². The Hall–Kier alpha value is -2.09. The lowest BCUT2D eigenvalue weighted by molar-refractivity contribution is -0.147. The number of hydrogen-bond donors (Lipinski definition) is 0. The second-order valence-electron chi connectivity index (χ2n) is 8.33. The monoisotopic (exact) mass is 392 g/mol. The molecule has 29 heavy (non-hydrogen) atoms. The van der Waals surface area contributed by atoms with E-state index in [2.05, 4.69) is 49.4 Å². The molecule has 1 unspecified atom stereocenters. The molecule has 0 saturated heterocycles. The fraction of sp³-hybridized carbons (Fsp3) is 0.519. The van der Waals surface area contributed by atoms with Gasteiger partial charge in [-0.2, -0.15) is 0 Å². The van der Waals surface area contributed by atoms with Crippen LogP contribution in [0.1, 0.15) is 102 Å². The molecule has 0 heterocycles. The Balaban J connectivity index is 1.69. The molecule has 1 aliphatic carbocycles. The summed E-state index contributed by atoms with van der Waals surface area (Å²) in [6.45, 7) is 4.28. The number of carbonyl (C=O) groups is 1. The molecule has 0 aromatic heterocycles. The number of unbranched alkanes of at least 4 members (excludes halogenated alkanes) is 7. The molecule has 2 aromatic carbocycles. The normalized spacial score (nSPS) is 15.4. The summed E-state index contributed by atoms with van der Waals surface area (Å²) in [5.41, 5.74) is 3.79. The van der Waals surface area contributed by atoms with Crippen molar-refractivity contribution >= 4 is 22.3 Å². The lowest BCUT2D eigenvalue weighted by Crippen LogP contribution is -2.13. The smallest absolute Gasteiger partial charge is 0.306 e. The van der Waals surface area contributed by atoms with E-state index >= 15 is 0 Å². The van der Waals surface area contributed by atoms with Crippen molar-refractivity contribution in [2.45, 2.75) is 90.6 Å². The maximum atomic E-state index is 12.2. The Bertz CT molecular complexity index is 828. The highest BCUT2D eigenvalue weighted by molar-refractivity contribution is 5.98. The third-order valence-electron chi connectivity index (χ3n) is 5.95. The minimum atomic E-state index is -0.253. The number of ether oxygens (including phenoxy) is 1. The second kappa shape index (κ2) is 11.2. The quantitative estimate of drug-likeness (QED) is 0.269. The van der Waals surface area contributed by atoms with E-state index in [0.29, 0.717) is 6.42 Å². The summed E-state index contributed by atoms with van der Waals surface area (Å²) in [6, 6.07) is 12.9. The number of benzene rings is 2. The van der Waals surface area contributed by atoms with E-state index < -0.39 is 0 Å². The molecule has 0 saturated carbocycles. The first-order valence-electron chi connectivity index (χ1n) is 11.7. The highest BCUT2D eigenvalue weighted by Gasteiger charge is 2.24. The fourth-order valence-electron chi connectivity index (χ4n) is 4.41.